The third kappa shape index (κ3) is 1.77. The zero-order valence-corrected chi connectivity index (χ0v) is 5.67. The monoisotopic (exact) mass is 176 g/mol. The molecule has 0 aliphatic carbocycles. The smallest absolute Gasteiger partial charge is 0.296 e. The molecule has 0 saturated heterocycles. The Bertz CT molecular complexity index is 297. The summed E-state index contributed by atoms with van der Waals surface area (Å²) in [6.07, 6.45) is -2.82. The number of carbonyl (C=O) groups is 1. The summed E-state index contributed by atoms with van der Waals surface area (Å²) in [7, 11) is 0. The fourth-order valence-electron chi connectivity index (χ4n) is 0.574. The van der Waals surface area contributed by atoms with Gasteiger partial charge in [-0.25, -0.2) is 4.98 Å². The highest BCUT2D eigenvalue weighted by Crippen LogP contribution is 2.26. The summed E-state index contributed by atoms with van der Waals surface area (Å²) in [5.41, 5.74) is -1.49. The van der Waals surface area contributed by atoms with Crippen molar-refractivity contribution < 1.29 is 18.0 Å². The van der Waals surface area contributed by atoms with Crippen LogP contribution in [0.4, 0.5) is 13.2 Å². The molecule has 1 aromatic rings. The third-order valence-electron chi connectivity index (χ3n) is 1.06. The summed E-state index contributed by atoms with van der Waals surface area (Å²) in [6.45, 7) is 0. The number of aromatic nitrogens is 2. The van der Waals surface area contributed by atoms with Gasteiger partial charge in [-0.15, -0.1) is 0 Å². The predicted molar refractivity (Wildman–Crippen MR) is 32.4 cm³/mol. The van der Waals surface area contributed by atoms with Crippen molar-refractivity contribution in [3.8, 4) is 0 Å². The number of hydrogen-bond acceptors (Lipinski definition) is 3. The second kappa shape index (κ2) is 2.88. The van der Waals surface area contributed by atoms with Gasteiger partial charge in [0.1, 0.15) is 5.69 Å². The van der Waals surface area contributed by atoms with Gasteiger partial charge in [-0.1, -0.05) is 0 Å². The van der Waals surface area contributed by atoms with Crippen LogP contribution in [0, 0.1) is 0 Å². The Kier molecular flexibility index (Phi) is 2.07. The fraction of sp³-hybridized carbons (Fsp3) is 0.167. The molecular formula is C6H3F3N2O. The van der Waals surface area contributed by atoms with E-state index in [4.69, 9.17) is 0 Å². The molecule has 0 fully saturated rings. The Morgan fingerprint density at radius 2 is 2.00 bits per heavy atom. The summed E-state index contributed by atoms with van der Waals surface area (Å²) in [6, 6.07) is 0. The molecule has 0 spiro atoms. The van der Waals surface area contributed by atoms with Crippen molar-refractivity contribution in [2.24, 2.45) is 0 Å². The van der Waals surface area contributed by atoms with Gasteiger partial charge in [0.15, 0.2) is 12.0 Å². The largest absolute Gasteiger partial charge is 0.434 e. The van der Waals surface area contributed by atoms with Crippen molar-refractivity contribution in [2.75, 3.05) is 0 Å². The minimum absolute atomic E-state index is 0.211. The number of hydrogen-bond donors (Lipinski definition) is 0. The standard InChI is InChI=1S/C6H3F3N2O/c7-6(8,9)5-2-10-1-4(3-12)11-5/h1-3H. The van der Waals surface area contributed by atoms with Crippen LogP contribution in [-0.4, -0.2) is 16.3 Å². The maximum atomic E-state index is 11.9. The lowest BCUT2D eigenvalue weighted by Gasteiger charge is -2.03. The number of alkyl halides is 3. The first-order valence-electron chi connectivity index (χ1n) is 2.88. The number of aldehydes is 1. The first-order valence-corrected chi connectivity index (χ1v) is 2.88. The zero-order valence-electron chi connectivity index (χ0n) is 5.67. The second-order valence-electron chi connectivity index (χ2n) is 1.94. The van der Waals surface area contributed by atoms with E-state index in [0.717, 1.165) is 6.20 Å². The molecule has 0 N–H and O–H groups in total. The topological polar surface area (TPSA) is 42.9 Å². The fourth-order valence-corrected chi connectivity index (χ4v) is 0.574. The van der Waals surface area contributed by atoms with Gasteiger partial charge >= 0.3 is 6.18 Å². The first-order chi connectivity index (χ1) is 5.54. The SMILES string of the molecule is O=Cc1cncc(C(F)(F)F)n1. The lowest BCUT2D eigenvalue weighted by Crippen LogP contribution is -2.09. The van der Waals surface area contributed by atoms with Crippen molar-refractivity contribution in [3.05, 3.63) is 23.8 Å². The van der Waals surface area contributed by atoms with Crippen molar-refractivity contribution in [1.29, 1.82) is 0 Å². The molecular weight excluding hydrogens is 173 g/mol. The number of carbonyl (C=O) groups excluding carboxylic acids is 1. The Hall–Kier alpha value is -1.46. The Balaban J connectivity index is 3.10. The predicted octanol–water partition coefficient (Wildman–Crippen LogP) is 1.31. The second-order valence-corrected chi connectivity index (χ2v) is 1.94. The molecule has 1 aromatic heterocycles. The van der Waals surface area contributed by atoms with E-state index < -0.39 is 11.9 Å². The van der Waals surface area contributed by atoms with E-state index in [-0.39, 0.29) is 12.0 Å². The maximum absolute atomic E-state index is 11.9. The van der Waals surface area contributed by atoms with Crippen LogP contribution in [0.3, 0.4) is 0 Å². The van der Waals surface area contributed by atoms with Crippen LogP contribution in [0.1, 0.15) is 16.2 Å². The minimum Gasteiger partial charge on any atom is -0.296 e. The Labute approximate surface area is 65.3 Å². The van der Waals surface area contributed by atoms with E-state index in [1.165, 1.54) is 0 Å². The van der Waals surface area contributed by atoms with Crippen molar-refractivity contribution in [2.45, 2.75) is 6.18 Å². The molecule has 0 unspecified atom stereocenters. The van der Waals surface area contributed by atoms with Crippen LogP contribution in [-0.2, 0) is 6.18 Å². The van der Waals surface area contributed by atoms with Crippen molar-refractivity contribution in [1.82, 2.24) is 9.97 Å². The van der Waals surface area contributed by atoms with Gasteiger partial charge in [0.25, 0.3) is 0 Å². The molecule has 0 aromatic carbocycles. The molecule has 0 radical (unpaired) electrons. The Morgan fingerprint density at radius 3 is 2.50 bits per heavy atom. The van der Waals surface area contributed by atoms with E-state index in [0.29, 0.717) is 6.20 Å². The average Bonchev–Trinajstić information content (AvgIpc) is 2.03. The van der Waals surface area contributed by atoms with E-state index in [2.05, 4.69) is 9.97 Å². The molecule has 0 amide bonds. The quantitative estimate of drug-likeness (QED) is 0.606. The highest BCUT2D eigenvalue weighted by Gasteiger charge is 2.32. The molecule has 6 heteroatoms. The number of nitrogens with zero attached hydrogens (tertiary/aromatic N) is 2. The van der Waals surface area contributed by atoms with Crippen LogP contribution in [0.2, 0.25) is 0 Å². The van der Waals surface area contributed by atoms with Gasteiger partial charge in [0.2, 0.25) is 0 Å². The minimum atomic E-state index is -4.55. The van der Waals surface area contributed by atoms with Gasteiger partial charge in [0, 0.05) is 0 Å². The van der Waals surface area contributed by atoms with E-state index in [1.54, 1.807) is 0 Å². The average molecular weight is 176 g/mol. The molecule has 0 saturated carbocycles. The lowest BCUT2D eigenvalue weighted by atomic mass is 10.4. The van der Waals surface area contributed by atoms with Crippen LogP contribution in [0.15, 0.2) is 12.4 Å². The Morgan fingerprint density at radius 1 is 1.33 bits per heavy atom. The number of halogens is 3. The summed E-state index contributed by atoms with van der Waals surface area (Å²) in [4.78, 5) is 16.2. The molecule has 12 heavy (non-hydrogen) atoms. The molecule has 0 atom stereocenters. The zero-order chi connectivity index (χ0) is 9.19. The molecule has 64 valence electrons. The molecule has 0 aliphatic heterocycles. The van der Waals surface area contributed by atoms with Crippen LogP contribution < -0.4 is 0 Å². The molecule has 1 heterocycles. The maximum Gasteiger partial charge on any atom is 0.434 e. The van der Waals surface area contributed by atoms with Gasteiger partial charge in [-0.3, -0.25) is 9.78 Å². The van der Waals surface area contributed by atoms with Crippen LogP contribution >= 0.6 is 0 Å². The van der Waals surface area contributed by atoms with Crippen LogP contribution in [0.25, 0.3) is 0 Å². The highest BCUT2D eigenvalue weighted by atomic mass is 19.4. The van der Waals surface area contributed by atoms with E-state index >= 15 is 0 Å². The highest BCUT2D eigenvalue weighted by molar-refractivity contribution is 5.70. The van der Waals surface area contributed by atoms with Gasteiger partial charge < -0.3 is 0 Å². The van der Waals surface area contributed by atoms with Gasteiger partial charge in [-0.2, -0.15) is 13.2 Å². The lowest BCUT2D eigenvalue weighted by molar-refractivity contribution is -0.141. The van der Waals surface area contributed by atoms with Gasteiger partial charge in [-0.05, 0) is 0 Å². The van der Waals surface area contributed by atoms with Crippen LogP contribution in [0.5, 0.6) is 0 Å². The summed E-state index contributed by atoms with van der Waals surface area (Å²) in [5.74, 6) is 0. The molecule has 1 rings (SSSR count). The van der Waals surface area contributed by atoms with E-state index in [9.17, 15) is 18.0 Å². The van der Waals surface area contributed by atoms with Crippen molar-refractivity contribution >= 4 is 6.29 Å². The third-order valence-corrected chi connectivity index (χ3v) is 1.06. The van der Waals surface area contributed by atoms with Crippen molar-refractivity contribution in [3.63, 3.8) is 0 Å². The number of rotatable bonds is 1. The summed E-state index contributed by atoms with van der Waals surface area (Å²) in [5, 5.41) is 0. The summed E-state index contributed by atoms with van der Waals surface area (Å²) >= 11 is 0. The summed E-state index contributed by atoms with van der Waals surface area (Å²) < 4.78 is 35.7. The molecule has 3 nitrogen and oxygen atoms in total. The first kappa shape index (κ1) is 8.63. The molecule has 0 aliphatic rings. The normalized spacial score (nSPS) is 11.2. The van der Waals surface area contributed by atoms with E-state index in [1.807, 2.05) is 0 Å². The van der Waals surface area contributed by atoms with Gasteiger partial charge in [0.05, 0.1) is 12.4 Å². The molecule has 0 bridgehead atoms.